The number of fused-ring (bicyclic) bond motifs is 1. The molecule has 0 aromatic carbocycles. The predicted octanol–water partition coefficient (Wildman–Crippen LogP) is 0.210. The van der Waals surface area contributed by atoms with Crippen LogP contribution in [0.5, 0.6) is 0 Å². The Morgan fingerprint density at radius 1 is 1.26 bits per heavy atom. The smallest absolute Gasteiger partial charge is 0.333 e. The lowest BCUT2D eigenvalue weighted by Crippen LogP contribution is -2.57. The van der Waals surface area contributed by atoms with E-state index in [2.05, 4.69) is 0 Å². The molecular formula is C14H21NO7S. The fourth-order valence-electron chi connectivity index (χ4n) is 2.65. The Morgan fingerprint density at radius 3 is 2.30 bits per heavy atom. The molecule has 0 N–H and O–H groups in total. The number of sulfone groups is 1. The van der Waals surface area contributed by atoms with Crippen molar-refractivity contribution in [3.8, 4) is 0 Å². The third-order valence-corrected chi connectivity index (χ3v) is 7.00. The first-order valence-electron chi connectivity index (χ1n) is 7.20. The fourth-order valence-corrected chi connectivity index (χ4v) is 4.77. The van der Waals surface area contributed by atoms with Crippen molar-refractivity contribution in [1.82, 2.24) is 4.90 Å². The molecule has 2 aliphatic heterocycles. The summed E-state index contributed by atoms with van der Waals surface area (Å²) < 4.78 is 33.0. The molecule has 0 aromatic rings. The highest BCUT2D eigenvalue weighted by Crippen LogP contribution is 2.45. The van der Waals surface area contributed by atoms with Crippen molar-refractivity contribution < 1.29 is 32.3 Å². The Bertz CT molecular complexity index is 659. The molecule has 2 rings (SSSR count). The molecule has 0 bridgehead atoms. The summed E-state index contributed by atoms with van der Waals surface area (Å²) in [4.78, 5) is 36.6. The van der Waals surface area contributed by atoms with Crippen molar-refractivity contribution in [3.05, 3.63) is 0 Å². The van der Waals surface area contributed by atoms with E-state index in [-0.39, 0.29) is 6.42 Å². The summed E-state index contributed by atoms with van der Waals surface area (Å²) in [6, 6.07) is -1.23. The molecular weight excluding hydrogens is 326 g/mol. The number of esters is 2. The monoisotopic (exact) mass is 347 g/mol. The second-order valence-corrected chi connectivity index (χ2v) is 9.96. The molecule has 1 amide bonds. The Labute approximate surface area is 135 Å². The molecule has 0 saturated carbocycles. The van der Waals surface area contributed by atoms with Gasteiger partial charge >= 0.3 is 11.9 Å². The Hall–Kier alpha value is -1.64. The highest BCUT2D eigenvalue weighted by atomic mass is 32.2. The number of amides is 1. The summed E-state index contributed by atoms with van der Waals surface area (Å²) in [6.45, 7) is 7.10. The van der Waals surface area contributed by atoms with E-state index < -0.39 is 56.1 Å². The van der Waals surface area contributed by atoms with Gasteiger partial charge in [0.2, 0.25) is 12.7 Å². The van der Waals surface area contributed by atoms with Gasteiger partial charge in [-0.05, 0) is 34.6 Å². The maximum Gasteiger partial charge on any atom is 0.333 e. The number of ether oxygens (including phenoxy) is 2. The zero-order chi connectivity index (χ0) is 17.8. The Morgan fingerprint density at radius 2 is 1.83 bits per heavy atom. The summed E-state index contributed by atoms with van der Waals surface area (Å²) in [5, 5.41) is -0.973. The van der Waals surface area contributed by atoms with Gasteiger partial charge in [0, 0.05) is 0 Å². The molecule has 2 atom stereocenters. The first-order valence-corrected chi connectivity index (χ1v) is 8.75. The highest BCUT2D eigenvalue weighted by molar-refractivity contribution is 7.93. The zero-order valence-electron chi connectivity index (χ0n) is 13.8. The largest absolute Gasteiger partial charge is 0.427 e. The van der Waals surface area contributed by atoms with E-state index in [1.54, 1.807) is 20.8 Å². The van der Waals surface area contributed by atoms with Crippen LogP contribution >= 0.6 is 0 Å². The first kappa shape index (κ1) is 17.7. The summed E-state index contributed by atoms with van der Waals surface area (Å²) >= 11 is 0. The molecule has 2 aliphatic rings. The average molecular weight is 347 g/mol. The molecule has 2 heterocycles. The minimum atomic E-state index is -3.66. The van der Waals surface area contributed by atoms with Crippen LogP contribution < -0.4 is 0 Å². The Kier molecular flexibility index (Phi) is 3.99. The van der Waals surface area contributed by atoms with Crippen LogP contribution in [0.1, 0.15) is 41.0 Å². The number of hydrogen-bond donors (Lipinski definition) is 0. The van der Waals surface area contributed by atoms with E-state index >= 15 is 0 Å². The summed E-state index contributed by atoms with van der Waals surface area (Å²) in [5.41, 5.74) is -0.749. The van der Waals surface area contributed by atoms with Gasteiger partial charge in [0.15, 0.2) is 9.84 Å². The van der Waals surface area contributed by atoms with Crippen LogP contribution in [0.4, 0.5) is 0 Å². The third kappa shape index (κ3) is 2.60. The van der Waals surface area contributed by atoms with Gasteiger partial charge in [-0.25, -0.2) is 13.2 Å². The predicted molar refractivity (Wildman–Crippen MR) is 78.5 cm³/mol. The molecule has 0 spiro atoms. The van der Waals surface area contributed by atoms with E-state index in [0.717, 1.165) is 4.90 Å². The fraction of sp³-hybridized carbons (Fsp3) is 0.786. The van der Waals surface area contributed by atoms with E-state index in [1.165, 1.54) is 13.8 Å². The quantitative estimate of drug-likeness (QED) is 0.408. The van der Waals surface area contributed by atoms with Crippen LogP contribution in [0.2, 0.25) is 0 Å². The van der Waals surface area contributed by atoms with Gasteiger partial charge in [-0.1, -0.05) is 0 Å². The van der Waals surface area contributed by atoms with Crippen molar-refractivity contribution >= 4 is 27.7 Å². The molecule has 2 fully saturated rings. The van der Waals surface area contributed by atoms with Gasteiger partial charge in [-0.2, -0.15) is 0 Å². The van der Waals surface area contributed by atoms with Gasteiger partial charge < -0.3 is 14.4 Å². The van der Waals surface area contributed by atoms with Crippen molar-refractivity contribution in [3.63, 3.8) is 0 Å². The summed E-state index contributed by atoms with van der Waals surface area (Å²) in [5.74, 6) is -1.85. The number of carbonyl (C=O) groups is 3. The minimum absolute atomic E-state index is 0.117. The number of carbonyl (C=O) groups excluding carboxylic acids is 3. The molecule has 130 valence electrons. The molecule has 0 aromatic heterocycles. The van der Waals surface area contributed by atoms with Crippen molar-refractivity contribution in [1.29, 1.82) is 0 Å². The Balaban J connectivity index is 2.07. The molecule has 0 radical (unpaired) electrons. The standard InChI is InChI=1S/C14H21NO7S/c1-13(2,3)12(18)22-7-21-11(17)10-14(4,5)23(19,20)9-6-8(16)15(9)10/h9-10H,6-7H2,1-5H3/t9-,10-/m0/s1. The minimum Gasteiger partial charge on any atom is -0.427 e. The number of nitrogens with zero attached hydrogens (tertiary/aromatic N) is 1. The maximum atomic E-state index is 12.4. The van der Waals surface area contributed by atoms with Crippen molar-refractivity contribution in [2.24, 2.45) is 5.41 Å². The van der Waals surface area contributed by atoms with Crippen molar-refractivity contribution in [2.75, 3.05) is 6.79 Å². The molecule has 8 nitrogen and oxygen atoms in total. The zero-order valence-corrected chi connectivity index (χ0v) is 14.6. The topological polar surface area (TPSA) is 107 Å². The first-order chi connectivity index (χ1) is 10.3. The van der Waals surface area contributed by atoms with Gasteiger partial charge in [-0.15, -0.1) is 0 Å². The van der Waals surface area contributed by atoms with Gasteiger partial charge in [0.1, 0.15) is 11.4 Å². The van der Waals surface area contributed by atoms with Crippen LogP contribution in [0.15, 0.2) is 0 Å². The lowest BCUT2D eigenvalue weighted by Gasteiger charge is -2.36. The lowest BCUT2D eigenvalue weighted by molar-refractivity contribution is -0.179. The highest BCUT2D eigenvalue weighted by Gasteiger charge is 2.68. The second-order valence-electron chi connectivity index (χ2n) is 7.27. The van der Waals surface area contributed by atoms with Crippen LogP contribution in [0.3, 0.4) is 0 Å². The molecule has 2 saturated heterocycles. The number of β-lactam (4-membered cyclic amide) rings is 1. The van der Waals surface area contributed by atoms with E-state index in [9.17, 15) is 22.8 Å². The van der Waals surface area contributed by atoms with Crippen molar-refractivity contribution in [2.45, 2.75) is 57.2 Å². The van der Waals surface area contributed by atoms with Crippen LogP contribution in [-0.2, 0) is 33.7 Å². The van der Waals surface area contributed by atoms with Crippen LogP contribution in [-0.4, -0.2) is 54.1 Å². The molecule has 9 heteroatoms. The lowest BCUT2D eigenvalue weighted by atomic mass is 9.97. The molecule has 0 aliphatic carbocycles. The normalized spacial score (nSPS) is 27.9. The van der Waals surface area contributed by atoms with Gasteiger partial charge in [0.25, 0.3) is 0 Å². The van der Waals surface area contributed by atoms with E-state index in [1.807, 2.05) is 0 Å². The van der Waals surface area contributed by atoms with Crippen LogP contribution in [0, 0.1) is 5.41 Å². The maximum absolute atomic E-state index is 12.4. The van der Waals surface area contributed by atoms with Crippen LogP contribution in [0.25, 0.3) is 0 Å². The van der Waals surface area contributed by atoms with Gasteiger partial charge in [-0.3, -0.25) is 9.59 Å². The number of hydrogen-bond acceptors (Lipinski definition) is 7. The third-order valence-electron chi connectivity index (χ3n) is 4.20. The van der Waals surface area contributed by atoms with Gasteiger partial charge in [0.05, 0.1) is 16.6 Å². The summed E-state index contributed by atoms with van der Waals surface area (Å²) in [6.07, 6.45) is -0.117. The van der Waals surface area contributed by atoms with E-state index in [4.69, 9.17) is 9.47 Å². The SMILES string of the molecule is CC(C)(C)C(=O)OCOC(=O)[C@@H]1N2C(=O)C[C@@H]2S(=O)(=O)C1(C)C. The molecule has 0 unspecified atom stereocenters. The second kappa shape index (κ2) is 5.19. The van der Waals surface area contributed by atoms with E-state index in [0.29, 0.717) is 0 Å². The average Bonchev–Trinajstić information content (AvgIpc) is 2.51. The number of rotatable bonds is 3. The molecule has 23 heavy (non-hydrogen) atoms. The summed E-state index contributed by atoms with van der Waals surface area (Å²) in [7, 11) is -3.66.